The van der Waals surface area contributed by atoms with Crippen molar-refractivity contribution in [2.75, 3.05) is 13.2 Å². The average molecular weight is 537 g/mol. The van der Waals surface area contributed by atoms with Gasteiger partial charge in [0.05, 0.1) is 17.7 Å². The minimum absolute atomic E-state index is 0.0310. The van der Waals surface area contributed by atoms with Crippen LogP contribution in [0.5, 0.6) is 0 Å². The molecule has 0 saturated heterocycles. The number of amides is 1. The Bertz CT molecular complexity index is 937. The fourth-order valence-corrected chi connectivity index (χ4v) is 9.06. The molecule has 5 rings (SSSR count). The topological polar surface area (TPSA) is 62.1 Å². The summed E-state index contributed by atoms with van der Waals surface area (Å²) in [6.07, 6.45) is 11.7. The molecule has 4 aliphatic carbocycles. The molecular weight excluding hydrogens is 480 g/mol. The Morgan fingerprint density at radius 3 is 2.36 bits per heavy atom. The molecule has 0 radical (unpaired) electrons. The molecule has 0 spiro atoms. The quantitative estimate of drug-likeness (QED) is 0.395. The van der Waals surface area contributed by atoms with Crippen LogP contribution in [0.4, 0.5) is 0 Å². The minimum Gasteiger partial charge on any atom is -0.381 e. The number of hydrogen-bond donors (Lipinski definition) is 1. The molecule has 0 aromatic heterocycles. The Labute approximate surface area is 239 Å². The van der Waals surface area contributed by atoms with Gasteiger partial charge in [0, 0.05) is 19.1 Å². The molecule has 0 aliphatic heterocycles. The van der Waals surface area contributed by atoms with Crippen molar-refractivity contribution in [3.63, 3.8) is 0 Å². The van der Waals surface area contributed by atoms with Crippen LogP contribution >= 0.6 is 0 Å². The first kappa shape index (κ1) is 31.7. The molecule has 9 unspecified atom stereocenters. The molecule has 0 bridgehead atoms. The number of benzene rings is 1. The number of nitrogens with one attached hydrogen (secondary N) is 1. The summed E-state index contributed by atoms with van der Waals surface area (Å²) in [5, 5.41) is 12.4. The first-order chi connectivity index (χ1) is 18.9. The van der Waals surface area contributed by atoms with Crippen molar-refractivity contribution in [3.05, 3.63) is 35.4 Å². The molecule has 4 nitrogen and oxygen atoms in total. The zero-order valence-corrected chi connectivity index (χ0v) is 26.0. The first-order valence-corrected chi connectivity index (χ1v) is 16.3. The highest BCUT2D eigenvalue weighted by molar-refractivity contribution is 5.80. The Balaban J connectivity index is 0.00000100. The van der Waals surface area contributed by atoms with Gasteiger partial charge in [0.1, 0.15) is 0 Å². The van der Waals surface area contributed by atoms with Crippen molar-refractivity contribution < 1.29 is 9.53 Å². The molecule has 0 heterocycles. The highest BCUT2D eigenvalue weighted by Crippen LogP contribution is 2.64. The number of carbonyl (C=O) groups excluding carboxylic acids is 1. The lowest BCUT2D eigenvalue weighted by atomic mass is 9.49. The molecule has 218 valence electrons. The summed E-state index contributed by atoms with van der Waals surface area (Å²) in [6.45, 7) is 16.4. The molecule has 4 heteroatoms. The molecule has 4 saturated carbocycles. The van der Waals surface area contributed by atoms with Gasteiger partial charge in [-0.15, -0.1) is 0 Å². The Morgan fingerprint density at radius 1 is 1.00 bits per heavy atom. The lowest BCUT2D eigenvalue weighted by molar-refractivity contribution is -0.133. The summed E-state index contributed by atoms with van der Waals surface area (Å²) in [5.74, 6) is 5.41. The van der Waals surface area contributed by atoms with Crippen molar-refractivity contribution in [1.82, 2.24) is 5.32 Å². The van der Waals surface area contributed by atoms with Crippen molar-refractivity contribution in [3.8, 4) is 6.07 Å². The second kappa shape index (κ2) is 14.7. The third-order valence-corrected chi connectivity index (χ3v) is 10.8. The fraction of sp³-hybridized carbons (Fsp3) is 0.771. The zero-order valence-electron chi connectivity index (χ0n) is 26.0. The number of carbonyl (C=O) groups is 1. The van der Waals surface area contributed by atoms with Gasteiger partial charge in [-0.05, 0) is 130 Å². The molecule has 1 aromatic carbocycles. The van der Waals surface area contributed by atoms with E-state index in [1.807, 2.05) is 52.0 Å². The minimum atomic E-state index is -0.0310. The smallest absolute Gasteiger partial charge is 0.224 e. The molecular formula is C35H56N2O2. The third-order valence-electron chi connectivity index (χ3n) is 10.8. The SMILES string of the molecule is CC.CC.CCOCC1CCC2C(CCC3C2CCC2(C)C(C(=O)NC(C)c4ccc(C#N)cc4)CCC32)C1. The summed E-state index contributed by atoms with van der Waals surface area (Å²) in [7, 11) is 0. The molecule has 1 N–H and O–H groups in total. The van der Waals surface area contributed by atoms with Gasteiger partial charge in [-0.3, -0.25) is 4.79 Å². The maximum absolute atomic E-state index is 13.5. The van der Waals surface area contributed by atoms with E-state index in [1.54, 1.807) is 0 Å². The lowest BCUT2D eigenvalue weighted by Crippen LogP contribution is -2.50. The lowest BCUT2D eigenvalue weighted by Gasteiger charge is -2.56. The van der Waals surface area contributed by atoms with Crippen LogP contribution in [-0.4, -0.2) is 19.1 Å². The van der Waals surface area contributed by atoms with Crippen LogP contribution in [0, 0.1) is 58.2 Å². The predicted octanol–water partition coefficient (Wildman–Crippen LogP) is 8.71. The zero-order chi connectivity index (χ0) is 28.6. The van der Waals surface area contributed by atoms with Crippen LogP contribution in [0.2, 0.25) is 0 Å². The maximum Gasteiger partial charge on any atom is 0.224 e. The van der Waals surface area contributed by atoms with Gasteiger partial charge in [-0.25, -0.2) is 0 Å². The summed E-state index contributed by atoms with van der Waals surface area (Å²) in [6, 6.07) is 9.76. The van der Waals surface area contributed by atoms with Crippen LogP contribution in [0.25, 0.3) is 0 Å². The van der Waals surface area contributed by atoms with E-state index in [9.17, 15) is 4.79 Å². The third kappa shape index (κ3) is 6.73. The van der Waals surface area contributed by atoms with E-state index in [1.165, 1.54) is 51.4 Å². The fourth-order valence-electron chi connectivity index (χ4n) is 9.06. The van der Waals surface area contributed by atoms with E-state index in [4.69, 9.17) is 10.00 Å². The maximum atomic E-state index is 13.5. The second-order valence-electron chi connectivity index (χ2n) is 12.4. The van der Waals surface area contributed by atoms with Crippen molar-refractivity contribution in [2.45, 2.75) is 112 Å². The number of nitrogens with zero attached hydrogens (tertiary/aromatic N) is 1. The monoisotopic (exact) mass is 536 g/mol. The molecule has 9 atom stereocenters. The molecule has 1 aromatic rings. The number of rotatable bonds is 6. The van der Waals surface area contributed by atoms with Gasteiger partial charge < -0.3 is 10.1 Å². The second-order valence-corrected chi connectivity index (χ2v) is 12.4. The molecule has 4 aliphatic rings. The summed E-state index contributed by atoms with van der Waals surface area (Å²) < 4.78 is 5.78. The normalized spacial score (nSPS) is 35.3. The molecule has 39 heavy (non-hydrogen) atoms. The average Bonchev–Trinajstić information content (AvgIpc) is 3.35. The summed E-state index contributed by atoms with van der Waals surface area (Å²) >= 11 is 0. The van der Waals surface area contributed by atoms with Gasteiger partial charge in [0.2, 0.25) is 5.91 Å². The standard InChI is InChI=1S/C31H44N2O2.2C2H6/c1-4-35-19-22-7-11-25-24(17-22)10-12-27-26(25)15-16-31(3)28(27)13-14-29(31)30(34)33-20(2)23-8-5-21(18-32)6-9-23;2*1-2/h5-6,8-9,20,22,24-29H,4,7,10-17,19H2,1-3H3,(H,33,34);2*1-2H3. The number of nitriles is 1. The van der Waals surface area contributed by atoms with Gasteiger partial charge in [0.25, 0.3) is 0 Å². The van der Waals surface area contributed by atoms with E-state index in [2.05, 4.69) is 32.2 Å². The Morgan fingerprint density at radius 2 is 1.69 bits per heavy atom. The van der Waals surface area contributed by atoms with E-state index in [0.717, 1.165) is 54.8 Å². The number of hydrogen-bond acceptors (Lipinski definition) is 3. The van der Waals surface area contributed by atoms with Gasteiger partial charge in [0.15, 0.2) is 0 Å². The van der Waals surface area contributed by atoms with Crippen molar-refractivity contribution in [2.24, 2.45) is 46.8 Å². The largest absolute Gasteiger partial charge is 0.381 e. The van der Waals surface area contributed by atoms with E-state index >= 15 is 0 Å². The van der Waals surface area contributed by atoms with Crippen LogP contribution in [0.3, 0.4) is 0 Å². The molecule has 4 fully saturated rings. The van der Waals surface area contributed by atoms with E-state index < -0.39 is 0 Å². The van der Waals surface area contributed by atoms with Gasteiger partial charge >= 0.3 is 0 Å². The number of ether oxygens (including phenoxy) is 1. The van der Waals surface area contributed by atoms with E-state index in [-0.39, 0.29) is 23.3 Å². The Kier molecular flexibility index (Phi) is 11.9. The van der Waals surface area contributed by atoms with Crippen LogP contribution < -0.4 is 5.32 Å². The highest BCUT2D eigenvalue weighted by Gasteiger charge is 2.58. The summed E-state index contributed by atoms with van der Waals surface area (Å²) in [4.78, 5) is 13.5. The van der Waals surface area contributed by atoms with E-state index in [0.29, 0.717) is 11.5 Å². The van der Waals surface area contributed by atoms with Crippen LogP contribution in [0.1, 0.15) is 123 Å². The van der Waals surface area contributed by atoms with Crippen LogP contribution in [-0.2, 0) is 9.53 Å². The number of fused-ring (bicyclic) bond motifs is 5. The van der Waals surface area contributed by atoms with Crippen molar-refractivity contribution in [1.29, 1.82) is 5.26 Å². The van der Waals surface area contributed by atoms with Crippen molar-refractivity contribution >= 4 is 5.91 Å². The van der Waals surface area contributed by atoms with Gasteiger partial charge in [-0.1, -0.05) is 46.8 Å². The summed E-state index contributed by atoms with van der Waals surface area (Å²) in [5.41, 5.74) is 1.88. The predicted molar refractivity (Wildman–Crippen MR) is 161 cm³/mol. The van der Waals surface area contributed by atoms with Crippen LogP contribution in [0.15, 0.2) is 24.3 Å². The first-order valence-electron chi connectivity index (χ1n) is 16.3. The molecule has 1 amide bonds. The van der Waals surface area contributed by atoms with Gasteiger partial charge in [-0.2, -0.15) is 5.26 Å². The Hall–Kier alpha value is -1.86. The highest BCUT2D eigenvalue weighted by atomic mass is 16.5.